The molecule has 180 valence electrons. The lowest BCUT2D eigenvalue weighted by atomic mass is 9.75. The number of phenolic OH excluding ortho intramolecular Hbond substituents is 2. The molecule has 0 aliphatic heterocycles. The van der Waals surface area contributed by atoms with Gasteiger partial charge in [-0.15, -0.1) is 0 Å². The Morgan fingerprint density at radius 3 is 1.39 bits per heavy atom. The summed E-state index contributed by atoms with van der Waals surface area (Å²) in [6.07, 6.45) is 4.49. The van der Waals surface area contributed by atoms with Crippen molar-refractivity contribution in [1.29, 1.82) is 0 Å². The second kappa shape index (κ2) is 11.2. The summed E-state index contributed by atoms with van der Waals surface area (Å²) < 4.78 is 0. The molecule has 4 N–H and O–H groups in total. The minimum Gasteiger partial charge on any atom is -0.507 e. The summed E-state index contributed by atoms with van der Waals surface area (Å²) in [5.74, 6) is -2.45. The van der Waals surface area contributed by atoms with Crippen molar-refractivity contribution >= 4 is 11.9 Å². The van der Waals surface area contributed by atoms with E-state index in [1.54, 1.807) is 38.1 Å². The predicted molar refractivity (Wildman–Crippen MR) is 128 cm³/mol. The first-order valence-corrected chi connectivity index (χ1v) is 11.6. The average molecular weight is 457 g/mol. The van der Waals surface area contributed by atoms with Crippen molar-refractivity contribution in [2.45, 2.75) is 79.1 Å². The van der Waals surface area contributed by atoms with Crippen LogP contribution in [0.2, 0.25) is 0 Å². The highest BCUT2D eigenvalue weighted by Crippen LogP contribution is 2.35. The Labute approximate surface area is 195 Å². The highest BCUT2D eigenvalue weighted by molar-refractivity contribution is 5.99. The van der Waals surface area contributed by atoms with Crippen LogP contribution in [-0.4, -0.2) is 32.4 Å². The molecule has 0 radical (unpaired) electrons. The molecule has 2 aromatic carbocycles. The van der Waals surface area contributed by atoms with E-state index >= 15 is 0 Å². The van der Waals surface area contributed by atoms with Crippen LogP contribution in [0.5, 0.6) is 11.5 Å². The molecule has 0 saturated heterocycles. The van der Waals surface area contributed by atoms with Gasteiger partial charge < -0.3 is 20.4 Å². The highest BCUT2D eigenvalue weighted by Gasteiger charge is 2.47. The lowest BCUT2D eigenvalue weighted by molar-refractivity contribution is -0.164. The number of aromatic hydroxyl groups is 2. The zero-order valence-electron chi connectivity index (χ0n) is 20.1. The predicted octanol–water partition coefficient (Wildman–Crippen LogP) is 5.34. The van der Waals surface area contributed by atoms with Gasteiger partial charge in [0.15, 0.2) is 5.41 Å². The van der Waals surface area contributed by atoms with Crippen LogP contribution in [-0.2, 0) is 35.3 Å². The van der Waals surface area contributed by atoms with Crippen LogP contribution in [0.4, 0.5) is 0 Å². The van der Waals surface area contributed by atoms with Crippen molar-refractivity contribution in [3.63, 3.8) is 0 Å². The molecule has 0 amide bonds. The van der Waals surface area contributed by atoms with Gasteiger partial charge in [0, 0.05) is 0 Å². The summed E-state index contributed by atoms with van der Waals surface area (Å²) in [5, 5.41) is 41.0. The molecule has 0 bridgehead atoms. The van der Waals surface area contributed by atoms with Crippen molar-refractivity contribution in [3.05, 3.63) is 57.6 Å². The first-order valence-electron chi connectivity index (χ1n) is 11.6. The van der Waals surface area contributed by atoms with Gasteiger partial charge in [-0.05, 0) is 85.8 Å². The molecule has 0 heterocycles. The van der Waals surface area contributed by atoms with E-state index in [-0.39, 0.29) is 24.3 Å². The third-order valence-electron chi connectivity index (χ3n) is 6.31. The number of carboxylic acids is 2. The van der Waals surface area contributed by atoms with Gasteiger partial charge >= 0.3 is 11.9 Å². The molecule has 0 saturated carbocycles. The fraction of sp³-hybridized carbons (Fsp3) is 0.481. The smallest absolute Gasteiger partial charge is 0.321 e. The quantitative estimate of drug-likeness (QED) is 0.321. The minimum absolute atomic E-state index is 0.179. The highest BCUT2D eigenvalue weighted by atomic mass is 16.4. The Hall–Kier alpha value is -3.02. The first-order chi connectivity index (χ1) is 15.5. The van der Waals surface area contributed by atoms with E-state index < -0.39 is 17.4 Å². The van der Waals surface area contributed by atoms with Gasteiger partial charge in [0.2, 0.25) is 0 Å². The summed E-state index contributed by atoms with van der Waals surface area (Å²) >= 11 is 0. The van der Waals surface area contributed by atoms with Gasteiger partial charge in [-0.1, -0.05) is 51.0 Å². The fourth-order valence-corrected chi connectivity index (χ4v) is 4.34. The number of phenols is 2. The van der Waals surface area contributed by atoms with Crippen LogP contribution < -0.4 is 0 Å². The summed E-state index contributed by atoms with van der Waals surface area (Å²) in [4.78, 5) is 24.8. The number of hydrogen-bond acceptors (Lipinski definition) is 4. The molecular formula is C27H36O6. The molecule has 0 aliphatic rings. The monoisotopic (exact) mass is 456 g/mol. The molecule has 2 aromatic rings. The van der Waals surface area contributed by atoms with Gasteiger partial charge in [0.1, 0.15) is 11.5 Å². The summed E-state index contributed by atoms with van der Waals surface area (Å²) in [7, 11) is 0. The van der Waals surface area contributed by atoms with Crippen LogP contribution in [0.15, 0.2) is 24.3 Å². The van der Waals surface area contributed by atoms with Gasteiger partial charge in [-0.2, -0.15) is 0 Å². The van der Waals surface area contributed by atoms with Crippen LogP contribution in [0.25, 0.3) is 0 Å². The van der Waals surface area contributed by atoms with E-state index in [9.17, 15) is 30.0 Å². The number of aryl methyl sites for hydroxylation is 4. The van der Waals surface area contributed by atoms with Gasteiger partial charge in [0.05, 0.1) is 0 Å². The number of hydrogen-bond donors (Lipinski definition) is 4. The molecule has 6 nitrogen and oxygen atoms in total. The van der Waals surface area contributed by atoms with Crippen molar-refractivity contribution in [2.75, 3.05) is 0 Å². The fourth-order valence-electron chi connectivity index (χ4n) is 4.34. The number of unbranched alkanes of at least 4 members (excludes halogenated alkanes) is 2. The Morgan fingerprint density at radius 1 is 0.727 bits per heavy atom. The second-order valence-corrected chi connectivity index (χ2v) is 9.09. The standard InChI is InChI=1S/C27H36O6/c1-5-7-9-21-13-19(11-17(3)23(21)28)15-27(25(30)31,26(32)33)16-20-12-18(4)24(29)22(14-20)10-8-6-2/h11-14,28-29H,5-10,15-16H2,1-4H3,(H,30,31)(H,32,33). The van der Waals surface area contributed by atoms with E-state index in [1.165, 1.54) is 0 Å². The lowest BCUT2D eigenvalue weighted by Gasteiger charge is -2.26. The third-order valence-corrected chi connectivity index (χ3v) is 6.31. The van der Waals surface area contributed by atoms with Crippen LogP contribution in [0, 0.1) is 19.3 Å². The topological polar surface area (TPSA) is 115 Å². The maximum atomic E-state index is 12.4. The third kappa shape index (κ3) is 6.06. The van der Waals surface area contributed by atoms with Gasteiger partial charge in [-0.25, -0.2) is 0 Å². The second-order valence-electron chi connectivity index (χ2n) is 9.09. The summed E-state index contributed by atoms with van der Waals surface area (Å²) in [5.41, 5.74) is 1.69. The van der Waals surface area contributed by atoms with Crippen LogP contribution in [0.1, 0.15) is 72.9 Å². The van der Waals surface area contributed by atoms with Crippen LogP contribution in [0.3, 0.4) is 0 Å². The van der Waals surface area contributed by atoms with E-state index in [4.69, 9.17) is 0 Å². The Morgan fingerprint density at radius 2 is 1.09 bits per heavy atom. The summed E-state index contributed by atoms with van der Waals surface area (Å²) in [6, 6.07) is 6.79. The number of benzene rings is 2. The Kier molecular flexibility index (Phi) is 8.91. The van der Waals surface area contributed by atoms with Crippen molar-refractivity contribution in [1.82, 2.24) is 0 Å². The largest absolute Gasteiger partial charge is 0.507 e. The molecule has 0 aliphatic carbocycles. The number of carboxylic acid groups (broad SMARTS) is 2. The molecule has 33 heavy (non-hydrogen) atoms. The Balaban J connectivity index is 2.51. The molecule has 0 fully saturated rings. The van der Waals surface area contributed by atoms with Crippen LogP contribution >= 0.6 is 0 Å². The lowest BCUT2D eigenvalue weighted by Crippen LogP contribution is -2.43. The zero-order valence-corrected chi connectivity index (χ0v) is 20.1. The average Bonchev–Trinajstić information content (AvgIpc) is 2.75. The minimum atomic E-state index is -2.07. The SMILES string of the molecule is CCCCc1cc(CC(Cc2cc(C)c(O)c(CCCC)c2)(C(=O)O)C(=O)O)cc(C)c1O. The van der Waals surface area contributed by atoms with E-state index in [1.807, 2.05) is 13.8 Å². The normalized spacial score (nSPS) is 11.5. The maximum absolute atomic E-state index is 12.4. The molecule has 6 heteroatoms. The van der Waals surface area contributed by atoms with E-state index in [0.29, 0.717) is 46.2 Å². The molecule has 0 aromatic heterocycles. The number of aliphatic carboxylic acids is 2. The first kappa shape index (κ1) is 26.2. The molecule has 0 spiro atoms. The van der Waals surface area contributed by atoms with Crippen molar-refractivity contribution < 1.29 is 30.0 Å². The number of rotatable bonds is 12. The van der Waals surface area contributed by atoms with Crippen molar-refractivity contribution in [3.8, 4) is 11.5 Å². The number of carbonyl (C=O) groups is 2. The van der Waals surface area contributed by atoms with E-state index in [2.05, 4.69) is 0 Å². The molecule has 2 rings (SSSR count). The molecule has 0 atom stereocenters. The van der Waals surface area contributed by atoms with Gasteiger partial charge in [-0.3, -0.25) is 9.59 Å². The Bertz CT molecular complexity index is 927. The molecule has 0 unspecified atom stereocenters. The molecular weight excluding hydrogens is 420 g/mol. The zero-order chi connectivity index (χ0) is 24.8. The van der Waals surface area contributed by atoms with E-state index in [0.717, 1.165) is 25.7 Å². The van der Waals surface area contributed by atoms with Crippen molar-refractivity contribution in [2.24, 2.45) is 5.41 Å². The summed E-state index contributed by atoms with van der Waals surface area (Å²) in [6.45, 7) is 7.56. The van der Waals surface area contributed by atoms with Gasteiger partial charge in [0.25, 0.3) is 0 Å². The maximum Gasteiger partial charge on any atom is 0.321 e.